The van der Waals surface area contributed by atoms with Gasteiger partial charge in [-0.1, -0.05) is 30.3 Å². The van der Waals surface area contributed by atoms with Gasteiger partial charge in [-0.25, -0.2) is 8.78 Å². The lowest BCUT2D eigenvalue weighted by molar-refractivity contribution is -0.137. The molecule has 0 saturated carbocycles. The number of likely N-dealkylation sites (tertiary alicyclic amines) is 1. The third-order valence-corrected chi connectivity index (χ3v) is 6.17. The molecule has 8 heteroatoms. The minimum Gasteiger partial charge on any atom is -0.352 e. The third kappa shape index (κ3) is 6.45. The smallest absolute Gasteiger partial charge is 0.352 e. The molecule has 0 spiro atoms. The predicted octanol–water partition coefficient (Wildman–Crippen LogP) is 6.18. The van der Waals surface area contributed by atoms with Gasteiger partial charge >= 0.3 is 6.18 Å². The van der Waals surface area contributed by atoms with Crippen molar-refractivity contribution in [3.63, 3.8) is 0 Å². The van der Waals surface area contributed by atoms with Gasteiger partial charge in [-0.15, -0.1) is 0 Å². The van der Waals surface area contributed by atoms with Crippen LogP contribution >= 0.6 is 0 Å². The van der Waals surface area contributed by atoms with E-state index in [2.05, 4.69) is 10.2 Å². The predicted molar refractivity (Wildman–Crippen MR) is 123 cm³/mol. The Kier molecular flexibility index (Phi) is 7.50. The fourth-order valence-electron chi connectivity index (χ4n) is 4.42. The van der Waals surface area contributed by atoms with E-state index in [1.165, 1.54) is 18.2 Å². The Morgan fingerprint density at radius 1 is 0.971 bits per heavy atom. The molecular formula is C27H25F5N2O. The molecule has 3 aromatic carbocycles. The molecule has 1 N–H and O–H groups in total. The number of halogens is 5. The lowest BCUT2D eigenvalue weighted by atomic mass is 9.96. The molecule has 0 radical (unpaired) electrons. The van der Waals surface area contributed by atoms with E-state index in [9.17, 15) is 26.7 Å². The van der Waals surface area contributed by atoms with E-state index in [0.29, 0.717) is 36.2 Å². The maximum Gasteiger partial charge on any atom is 0.416 e. The van der Waals surface area contributed by atoms with Gasteiger partial charge in [0.15, 0.2) is 0 Å². The number of rotatable bonds is 6. The van der Waals surface area contributed by atoms with E-state index in [-0.39, 0.29) is 18.4 Å². The molecule has 1 unspecified atom stereocenters. The largest absolute Gasteiger partial charge is 0.416 e. The van der Waals surface area contributed by atoms with Crippen molar-refractivity contribution < 1.29 is 26.7 Å². The quantitative estimate of drug-likeness (QED) is 0.421. The second-order valence-electron chi connectivity index (χ2n) is 8.81. The summed E-state index contributed by atoms with van der Waals surface area (Å²) in [6, 6.07) is 15.8. The molecule has 1 amide bonds. The molecule has 0 aliphatic carbocycles. The Labute approximate surface area is 200 Å². The molecule has 1 saturated heterocycles. The summed E-state index contributed by atoms with van der Waals surface area (Å²) in [5.74, 6) is -1.72. The third-order valence-electron chi connectivity index (χ3n) is 6.17. The van der Waals surface area contributed by atoms with Gasteiger partial charge in [0, 0.05) is 31.3 Å². The molecule has 0 aromatic heterocycles. The minimum absolute atomic E-state index is 0.0323. The Hall–Kier alpha value is -3.26. The molecule has 1 fully saturated rings. The van der Waals surface area contributed by atoms with Gasteiger partial charge in [0.05, 0.1) is 11.5 Å². The summed E-state index contributed by atoms with van der Waals surface area (Å²) in [6.07, 6.45) is -2.91. The van der Waals surface area contributed by atoms with Crippen LogP contribution in [0.4, 0.5) is 22.0 Å². The van der Waals surface area contributed by atoms with Crippen molar-refractivity contribution in [2.45, 2.75) is 32.1 Å². The number of hydrogen-bond donors (Lipinski definition) is 1. The average Bonchev–Trinajstić information content (AvgIpc) is 2.82. The van der Waals surface area contributed by atoms with Gasteiger partial charge in [-0.05, 0) is 66.4 Å². The van der Waals surface area contributed by atoms with Crippen molar-refractivity contribution in [1.82, 2.24) is 10.2 Å². The number of nitrogens with zero attached hydrogens (tertiary/aromatic N) is 1. The van der Waals surface area contributed by atoms with Crippen molar-refractivity contribution in [2.75, 3.05) is 13.1 Å². The molecule has 1 aliphatic rings. The van der Waals surface area contributed by atoms with Crippen LogP contribution in [-0.4, -0.2) is 23.9 Å². The Morgan fingerprint density at radius 3 is 2.51 bits per heavy atom. The lowest BCUT2D eigenvalue weighted by Gasteiger charge is -2.32. The molecule has 1 atom stereocenters. The number of carbonyl (C=O) groups is 1. The van der Waals surface area contributed by atoms with Gasteiger partial charge < -0.3 is 5.32 Å². The fraction of sp³-hybridized carbons (Fsp3) is 0.296. The summed E-state index contributed by atoms with van der Waals surface area (Å²) < 4.78 is 66.2. The Morgan fingerprint density at radius 2 is 1.74 bits per heavy atom. The fourth-order valence-corrected chi connectivity index (χ4v) is 4.42. The summed E-state index contributed by atoms with van der Waals surface area (Å²) in [6.45, 7) is 1.91. The first-order chi connectivity index (χ1) is 16.7. The van der Waals surface area contributed by atoms with Gasteiger partial charge in [-0.3, -0.25) is 9.69 Å². The zero-order valence-electron chi connectivity index (χ0n) is 18.9. The van der Waals surface area contributed by atoms with Crippen LogP contribution in [0.15, 0.2) is 66.7 Å². The van der Waals surface area contributed by atoms with E-state index in [1.807, 2.05) is 18.2 Å². The molecule has 0 bridgehead atoms. The highest BCUT2D eigenvalue weighted by Gasteiger charge is 2.30. The number of hydrogen-bond acceptors (Lipinski definition) is 2. The summed E-state index contributed by atoms with van der Waals surface area (Å²) in [5, 5.41) is 2.77. The second-order valence-corrected chi connectivity index (χ2v) is 8.81. The van der Waals surface area contributed by atoms with E-state index >= 15 is 0 Å². The maximum absolute atomic E-state index is 14.2. The number of amides is 1. The van der Waals surface area contributed by atoms with E-state index in [4.69, 9.17) is 0 Å². The first-order valence-electron chi connectivity index (χ1n) is 11.4. The average molecular weight is 489 g/mol. The second kappa shape index (κ2) is 10.6. The van der Waals surface area contributed by atoms with Gasteiger partial charge in [0.1, 0.15) is 11.6 Å². The van der Waals surface area contributed by atoms with Crippen LogP contribution in [0.1, 0.15) is 29.5 Å². The number of benzene rings is 3. The SMILES string of the molecule is O=C(NCc1cccc(C(F)(F)F)c1)C1CCCN(Cc2cccc(-c3ccc(F)cc3F)c2)C1. The maximum atomic E-state index is 14.2. The number of carbonyl (C=O) groups excluding carboxylic acids is 1. The summed E-state index contributed by atoms with van der Waals surface area (Å²) in [4.78, 5) is 14.9. The van der Waals surface area contributed by atoms with Crippen LogP contribution in [0.5, 0.6) is 0 Å². The number of piperidine rings is 1. The van der Waals surface area contributed by atoms with Crippen molar-refractivity contribution in [3.8, 4) is 11.1 Å². The molecule has 1 aliphatic heterocycles. The van der Waals surface area contributed by atoms with Crippen molar-refractivity contribution in [2.24, 2.45) is 5.92 Å². The zero-order valence-corrected chi connectivity index (χ0v) is 18.9. The lowest BCUT2D eigenvalue weighted by Crippen LogP contribution is -2.42. The summed E-state index contributed by atoms with van der Waals surface area (Å²) in [5.41, 5.74) is 1.56. The first-order valence-corrected chi connectivity index (χ1v) is 11.4. The first kappa shape index (κ1) is 24.9. The Bertz CT molecular complexity index is 1190. The molecule has 3 aromatic rings. The zero-order chi connectivity index (χ0) is 25.0. The minimum atomic E-state index is -4.43. The monoisotopic (exact) mass is 488 g/mol. The molecule has 1 heterocycles. The van der Waals surface area contributed by atoms with E-state index in [0.717, 1.165) is 36.7 Å². The van der Waals surface area contributed by atoms with Crippen LogP contribution in [0.3, 0.4) is 0 Å². The highest BCUT2D eigenvalue weighted by molar-refractivity contribution is 5.79. The van der Waals surface area contributed by atoms with Crippen LogP contribution in [0.2, 0.25) is 0 Å². The molecular weight excluding hydrogens is 463 g/mol. The topological polar surface area (TPSA) is 32.3 Å². The standard InChI is InChI=1S/C27H25F5N2O/c28-23-9-10-24(25(29)14-23)20-6-1-5-19(12-20)16-34-11-3-7-21(17-34)26(35)33-15-18-4-2-8-22(13-18)27(30,31)32/h1-2,4-6,8-10,12-14,21H,3,7,11,15-17H2,(H,33,35). The van der Waals surface area contributed by atoms with Crippen LogP contribution in [0.25, 0.3) is 11.1 Å². The normalized spacial score (nSPS) is 16.8. The summed E-state index contributed by atoms with van der Waals surface area (Å²) in [7, 11) is 0. The van der Waals surface area contributed by atoms with Crippen molar-refractivity contribution >= 4 is 5.91 Å². The van der Waals surface area contributed by atoms with E-state index in [1.54, 1.807) is 12.1 Å². The molecule has 184 valence electrons. The van der Waals surface area contributed by atoms with Crippen LogP contribution in [0, 0.1) is 17.6 Å². The van der Waals surface area contributed by atoms with Gasteiger partial charge in [0.25, 0.3) is 0 Å². The molecule has 3 nitrogen and oxygen atoms in total. The van der Waals surface area contributed by atoms with Crippen molar-refractivity contribution in [3.05, 3.63) is 95.1 Å². The van der Waals surface area contributed by atoms with Crippen LogP contribution < -0.4 is 5.32 Å². The molecule has 4 rings (SSSR count). The highest BCUT2D eigenvalue weighted by atomic mass is 19.4. The van der Waals surface area contributed by atoms with E-state index < -0.39 is 23.4 Å². The van der Waals surface area contributed by atoms with Gasteiger partial charge in [-0.2, -0.15) is 13.2 Å². The molecule has 35 heavy (non-hydrogen) atoms. The van der Waals surface area contributed by atoms with Crippen LogP contribution in [-0.2, 0) is 24.1 Å². The van der Waals surface area contributed by atoms with Gasteiger partial charge in [0.2, 0.25) is 5.91 Å². The highest BCUT2D eigenvalue weighted by Crippen LogP contribution is 2.30. The number of nitrogens with one attached hydrogen (secondary N) is 1. The Balaban J connectivity index is 1.36. The number of alkyl halides is 3. The van der Waals surface area contributed by atoms with Crippen molar-refractivity contribution in [1.29, 1.82) is 0 Å². The summed E-state index contributed by atoms with van der Waals surface area (Å²) >= 11 is 0.